The third-order valence-corrected chi connectivity index (χ3v) is 4.09. The quantitative estimate of drug-likeness (QED) is 0.783. The fourth-order valence-corrected chi connectivity index (χ4v) is 2.69. The van der Waals surface area contributed by atoms with Gasteiger partial charge < -0.3 is 16.0 Å². The highest BCUT2D eigenvalue weighted by molar-refractivity contribution is 5.94. The van der Waals surface area contributed by atoms with Crippen molar-refractivity contribution in [3.05, 3.63) is 48.3 Å². The van der Waals surface area contributed by atoms with Crippen molar-refractivity contribution in [3.63, 3.8) is 0 Å². The normalized spacial score (nSPS) is 15.2. The smallest absolute Gasteiger partial charge is 0.251 e. The molecule has 24 heavy (non-hydrogen) atoms. The molecule has 3 rings (SSSR count). The molecule has 0 unspecified atom stereocenters. The summed E-state index contributed by atoms with van der Waals surface area (Å²) in [6.45, 7) is 5.15. The molecule has 7 heteroatoms. The van der Waals surface area contributed by atoms with Crippen LogP contribution in [0.2, 0.25) is 0 Å². The Labute approximate surface area is 141 Å². The Hall–Kier alpha value is -2.67. The minimum atomic E-state index is -0.0636. The second kappa shape index (κ2) is 7.74. The van der Waals surface area contributed by atoms with Crippen molar-refractivity contribution in [2.75, 3.05) is 49.9 Å². The van der Waals surface area contributed by atoms with Gasteiger partial charge in [0.05, 0.1) is 0 Å². The van der Waals surface area contributed by atoms with Gasteiger partial charge in [0.1, 0.15) is 0 Å². The predicted octanol–water partition coefficient (Wildman–Crippen LogP) is 0.611. The molecule has 2 aromatic rings. The number of carbonyl (C=O) groups excluding carboxylic acids is 1. The SMILES string of the molecule is Nc1ccc(C(=O)NCCN2CCN(c3ncccn3)CC2)cc1. The number of hydrogen-bond donors (Lipinski definition) is 2. The first kappa shape index (κ1) is 16.2. The number of nitrogen functional groups attached to an aromatic ring is 1. The van der Waals surface area contributed by atoms with Gasteiger partial charge in [0.15, 0.2) is 0 Å². The third-order valence-electron chi connectivity index (χ3n) is 4.09. The van der Waals surface area contributed by atoms with E-state index < -0.39 is 0 Å². The molecule has 0 saturated carbocycles. The predicted molar refractivity (Wildman–Crippen MR) is 93.9 cm³/mol. The highest BCUT2D eigenvalue weighted by Crippen LogP contribution is 2.09. The highest BCUT2D eigenvalue weighted by Gasteiger charge is 2.18. The minimum Gasteiger partial charge on any atom is -0.399 e. The number of anilines is 2. The van der Waals surface area contributed by atoms with Crippen LogP contribution in [0.3, 0.4) is 0 Å². The van der Waals surface area contributed by atoms with Gasteiger partial charge in [-0.05, 0) is 30.3 Å². The number of rotatable bonds is 5. The summed E-state index contributed by atoms with van der Waals surface area (Å²) in [6.07, 6.45) is 3.53. The summed E-state index contributed by atoms with van der Waals surface area (Å²) in [5, 5.41) is 2.95. The Bertz CT molecular complexity index is 653. The topological polar surface area (TPSA) is 87.4 Å². The van der Waals surface area contributed by atoms with Crippen LogP contribution >= 0.6 is 0 Å². The molecule has 0 radical (unpaired) electrons. The molecule has 1 aromatic carbocycles. The number of carbonyl (C=O) groups is 1. The number of hydrogen-bond acceptors (Lipinski definition) is 6. The largest absolute Gasteiger partial charge is 0.399 e. The molecule has 0 spiro atoms. The summed E-state index contributed by atoms with van der Waals surface area (Å²) in [4.78, 5) is 25.1. The molecule has 126 valence electrons. The number of nitrogens with two attached hydrogens (primary N) is 1. The first-order valence-corrected chi connectivity index (χ1v) is 8.10. The van der Waals surface area contributed by atoms with Crippen LogP contribution in [-0.2, 0) is 0 Å². The average Bonchev–Trinajstić information content (AvgIpc) is 2.63. The Morgan fingerprint density at radius 2 is 1.75 bits per heavy atom. The summed E-state index contributed by atoms with van der Waals surface area (Å²) in [5.74, 6) is 0.722. The van der Waals surface area contributed by atoms with Crippen LogP contribution in [0, 0.1) is 0 Å². The van der Waals surface area contributed by atoms with E-state index in [1.807, 2.05) is 6.07 Å². The highest BCUT2D eigenvalue weighted by atomic mass is 16.1. The summed E-state index contributed by atoms with van der Waals surface area (Å²) in [7, 11) is 0. The van der Waals surface area contributed by atoms with Gasteiger partial charge >= 0.3 is 0 Å². The van der Waals surface area contributed by atoms with Gasteiger partial charge in [0.25, 0.3) is 5.91 Å². The lowest BCUT2D eigenvalue weighted by molar-refractivity contribution is 0.0948. The van der Waals surface area contributed by atoms with Crippen molar-refractivity contribution >= 4 is 17.5 Å². The Kier molecular flexibility index (Phi) is 5.22. The average molecular weight is 326 g/mol. The molecule has 1 aliphatic heterocycles. The van der Waals surface area contributed by atoms with E-state index >= 15 is 0 Å². The fraction of sp³-hybridized carbons (Fsp3) is 0.353. The van der Waals surface area contributed by atoms with Crippen LogP contribution in [0.5, 0.6) is 0 Å². The zero-order valence-corrected chi connectivity index (χ0v) is 13.6. The monoisotopic (exact) mass is 326 g/mol. The molecule has 1 aliphatic rings. The lowest BCUT2D eigenvalue weighted by Gasteiger charge is -2.34. The maximum Gasteiger partial charge on any atom is 0.251 e. The second-order valence-electron chi connectivity index (χ2n) is 5.76. The molecule has 3 N–H and O–H groups in total. The van der Waals surface area contributed by atoms with E-state index in [4.69, 9.17) is 5.73 Å². The first-order chi connectivity index (χ1) is 11.7. The zero-order chi connectivity index (χ0) is 16.8. The first-order valence-electron chi connectivity index (χ1n) is 8.10. The van der Waals surface area contributed by atoms with Gasteiger partial charge in [-0.15, -0.1) is 0 Å². The Morgan fingerprint density at radius 3 is 2.42 bits per heavy atom. The molecular formula is C17H22N6O. The van der Waals surface area contributed by atoms with Crippen molar-refractivity contribution in [1.29, 1.82) is 0 Å². The lowest BCUT2D eigenvalue weighted by Crippen LogP contribution is -2.49. The molecule has 2 heterocycles. The van der Waals surface area contributed by atoms with Crippen molar-refractivity contribution < 1.29 is 4.79 Å². The third kappa shape index (κ3) is 4.20. The summed E-state index contributed by atoms with van der Waals surface area (Å²) >= 11 is 0. The van der Waals surface area contributed by atoms with Crippen molar-refractivity contribution in [3.8, 4) is 0 Å². The molecular weight excluding hydrogens is 304 g/mol. The molecule has 7 nitrogen and oxygen atoms in total. The second-order valence-corrected chi connectivity index (χ2v) is 5.76. The minimum absolute atomic E-state index is 0.0636. The van der Waals surface area contributed by atoms with Crippen LogP contribution in [0.25, 0.3) is 0 Å². The fourth-order valence-electron chi connectivity index (χ4n) is 2.69. The number of nitrogens with zero attached hydrogens (tertiary/aromatic N) is 4. The Morgan fingerprint density at radius 1 is 1.08 bits per heavy atom. The van der Waals surface area contributed by atoms with Crippen LogP contribution < -0.4 is 16.0 Å². The lowest BCUT2D eigenvalue weighted by atomic mass is 10.2. The van der Waals surface area contributed by atoms with Crippen molar-refractivity contribution in [1.82, 2.24) is 20.2 Å². The molecule has 1 saturated heterocycles. The summed E-state index contributed by atoms with van der Waals surface area (Å²) < 4.78 is 0. The molecule has 1 aromatic heterocycles. The van der Waals surface area contributed by atoms with Gasteiger partial charge in [-0.25, -0.2) is 9.97 Å². The van der Waals surface area contributed by atoms with Gasteiger partial charge in [-0.1, -0.05) is 0 Å². The van der Waals surface area contributed by atoms with E-state index in [1.54, 1.807) is 36.7 Å². The maximum absolute atomic E-state index is 12.0. The number of benzene rings is 1. The van der Waals surface area contributed by atoms with E-state index in [-0.39, 0.29) is 5.91 Å². The van der Waals surface area contributed by atoms with Gasteiger partial charge in [-0.3, -0.25) is 9.69 Å². The van der Waals surface area contributed by atoms with E-state index in [9.17, 15) is 4.79 Å². The van der Waals surface area contributed by atoms with E-state index in [0.29, 0.717) is 17.8 Å². The summed E-state index contributed by atoms with van der Waals surface area (Å²) in [6, 6.07) is 8.77. The standard InChI is InChI=1S/C17H22N6O/c18-15-4-2-14(3-5-15)16(24)19-8-9-22-10-12-23(13-11-22)17-20-6-1-7-21-17/h1-7H,8-13,18H2,(H,19,24). The van der Waals surface area contributed by atoms with E-state index in [0.717, 1.165) is 38.7 Å². The van der Waals surface area contributed by atoms with Gasteiger partial charge in [-0.2, -0.15) is 0 Å². The molecule has 0 atom stereocenters. The van der Waals surface area contributed by atoms with Crippen LogP contribution in [-0.4, -0.2) is 60.0 Å². The van der Waals surface area contributed by atoms with Gasteiger partial charge in [0.2, 0.25) is 5.95 Å². The molecule has 0 bridgehead atoms. The summed E-state index contributed by atoms with van der Waals surface area (Å²) in [5.41, 5.74) is 6.92. The van der Waals surface area contributed by atoms with Crippen LogP contribution in [0.1, 0.15) is 10.4 Å². The molecule has 1 fully saturated rings. The van der Waals surface area contributed by atoms with E-state index in [1.165, 1.54) is 0 Å². The number of aromatic nitrogens is 2. The maximum atomic E-state index is 12.0. The van der Waals surface area contributed by atoms with Gasteiger partial charge in [0, 0.05) is 62.9 Å². The molecule has 1 amide bonds. The number of amides is 1. The van der Waals surface area contributed by atoms with Crippen LogP contribution in [0.4, 0.5) is 11.6 Å². The van der Waals surface area contributed by atoms with Crippen LogP contribution in [0.15, 0.2) is 42.7 Å². The zero-order valence-electron chi connectivity index (χ0n) is 13.6. The number of nitrogens with one attached hydrogen (secondary N) is 1. The molecule has 0 aliphatic carbocycles. The number of piperazine rings is 1. The van der Waals surface area contributed by atoms with E-state index in [2.05, 4.69) is 25.1 Å². The van der Waals surface area contributed by atoms with Crippen molar-refractivity contribution in [2.45, 2.75) is 0 Å². The van der Waals surface area contributed by atoms with Crippen molar-refractivity contribution in [2.24, 2.45) is 0 Å². The Balaban J connectivity index is 1.39.